The van der Waals surface area contributed by atoms with Gasteiger partial charge in [0.05, 0.1) is 0 Å². The second kappa shape index (κ2) is 5.89. The van der Waals surface area contributed by atoms with E-state index in [2.05, 4.69) is 4.99 Å². The van der Waals surface area contributed by atoms with Crippen LogP contribution in [0.1, 0.15) is 40.0 Å². The first-order chi connectivity index (χ1) is 5.60. The first-order valence-corrected chi connectivity index (χ1v) is 4.35. The molecular weight excluding hydrogens is 154 g/mol. The molecule has 0 bridgehead atoms. The minimum atomic E-state index is -0.690. The lowest BCUT2D eigenvalue weighted by Crippen LogP contribution is -2.09. The van der Waals surface area contributed by atoms with Crippen molar-refractivity contribution in [2.24, 2.45) is 4.99 Å². The van der Waals surface area contributed by atoms with Gasteiger partial charge in [0.15, 0.2) is 0 Å². The fourth-order valence-electron chi connectivity index (χ4n) is 0.879. The lowest BCUT2D eigenvalue weighted by Gasteiger charge is -2.03. The van der Waals surface area contributed by atoms with Crippen molar-refractivity contribution in [1.82, 2.24) is 0 Å². The van der Waals surface area contributed by atoms with Gasteiger partial charge in [-0.15, -0.1) is 0 Å². The lowest BCUT2D eigenvalue weighted by atomic mass is 10.1. The Bertz CT molecular complexity index is 173. The van der Waals surface area contributed by atoms with E-state index in [9.17, 15) is 4.79 Å². The van der Waals surface area contributed by atoms with E-state index in [4.69, 9.17) is 5.11 Å². The molecule has 0 rings (SSSR count). The fourth-order valence-corrected chi connectivity index (χ4v) is 0.879. The van der Waals surface area contributed by atoms with E-state index in [0.29, 0.717) is 12.8 Å². The molecule has 3 nitrogen and oxygen atoms in total. The summed E-state index contributed by atoms with van der Waals surface area (Å²) >= 11 is 0. The molecule has 0 aromatic rings. The summed E-state index contributed by atoms with van der Waals surface area (Å²) in [5.74, 6) is 0.177. The highest BCUT2D eigenvalue weighted by Crippen LogP contribution is 1.99. The molecule has 1 unspecified atom stereocenters. The number of carbonyl (C=O) groups excluding carboxylic acids is 1. The fraction of sp³-hybridized carbons (Fsp3) is 0.778. The number of aliphatic imine (C=N–C) groups is 1. The molecular formula is C9H17NO2. The third-order valence-corrected chi connectivity index (χ3v) is 1.57. The minimum absolute atomic E-state index is 0.177. The number of hydrogen-bond acceptors (Lipinski definition) is 3. The standard InChI is InChI=1S/C9H17NO2/c1-4-8(10-7(3)11)6-9(12)5-2/h7,11H,4-6H2,1-3H3. The van der Waals surface area contributed by atoms with Gasteiger partial charge in [-0.1, -0.05) is 13.8 Å². The molecule has 0 saturated carbocycles. The zero-order valence-corrected chi connectivity index (χ0v) is 8.00. The predicted octanol–water partition coefficient (Wildman–Crippen LogP) is 1.54. The minimum Gasteiger partial charge on any atom is -0.372 e. The average Bonchev–Trinajstić information content (AvgIpc) is 2.02. The third kappa shape index (κ3) is 5.02. The van der Waals surface area contributed by atoms with E-state index in [1.807, 2.05) is 13.8 Å². The summed E-state index contributed by atoms with van der Waals surface area (Å²) in [7, 11) is 0. The molecule has 0 saturated heterocycles. The summed E-state index contributed by atoms with van der Waals surface area (Å²) in [6, 6.07) is 0. The highest BCUT2D eigenvalue weighted by atomic mass is 16.3. The van der Waals surface area contributed by atoms with Crippen molar-refractivity contribution in [3.05, 3.63) is 0 Å². The van der Waals surface area contributed by atoms with Crippen LogP contribution in [0.25, 0.3) is 0 Å². The highest BCUT2D eigenvalue weighted by Gasteiger charge is 2.04. The van der Waals surface area contributed by atoms with Crippen LogP contribution in [0.4, 0.5) is 0 Å². The van der Waals surface area contributed by atoms with E-state index in [-0.39, 0.29) is 5.78 Å². The second-order valence-corrected chi connectivity index (χ2v) is 2.75. The van der Waals surface area contributed by atoms with Crippen LogP contribution in [0.5, 0.6) is 0 Å². The molecule has 0 aromatic carbocycles. The summed E-state index contributed by atoms with van der Waals surface area (Å²) in [5.41, 5.74) is 0.789. The Balaban J connectivity index is 4.08. The van der Waals surface area contributed by atoms with Crippen LogP contribution in [0, 0.1) is 0 Å². The molecule has 0 heterocycles. The number of rotatable bonds is 5. The third-order valence-electron chi connectivity index (χ3n) is 1.57. The van der Waals surface area contributed by atoms with Crippen molar-refractivity contribution < 1.29 is 9.90 Å². The molecule has 12 heavy (non-hydrogen) atoms. The summed E-state index contributed by atoms with van der Waals surface area (Å²) in [6.07, 6.45) is 0.970. The van der Waals surface area contributed by atoms with Crippen LogP contribution < -0.4 is 0 Å². The van der Waals surface area contributed by atoms with Gasteiger partial charge in [-0.2, -0.15) is 0 Å². The average molecular weight is 171 g/mol. The van der Waals surface area contributed by atoms with Gasteiger partial charge in [0.25, 0.3) is 0 Å². The Hall–Kier alpha value is -0.700. The molecule has 0 aliphatic carbocycles. The van der Waals surface area contributed by atoms with Gasteiger partial charge in [-0.3, -0.25) is 9.79 Å². The Labute approximate surface area is 73.5 Å². The smallest absolute Gasteiger partial charge is 0.142 e. The van der Waals surface area contributed by atoms with E-state index >= 15 is 0 Å². The molecule has 0 amide bonds. The van der Waals surface area contributed by atoms with Crippen molar-refractivity contribution in [3.8, 4) is 0 Å². The van der Waals surface area contributed by atoms with Gasteiger partial charge in [0, 0.05) is 18.6 Å². The maximum atomic E-state index is 11.0. The van der Waals surface area contributed by atoms with Crippen molar-refractivity contribution in [2.45, 2.75) is 46.3 Å². The monoisotopic (exact) mass is 171 g/mol. The number of aliphatic hydroxyl groups is 1. The van der Waals surface area contributed by atoms with Crippen LogP contribution in [0.15, 0.2) is 4.99 Å². The quantitative estimate of drug-likeness (QED) is 0.638. The molecule has 0 aliphatic rings. The molecule has 3 heteroatoms. The van der Waals surface area contributed by atoms with Crippen molar-refractivity contribution in [2.75, 3.05) is 0 Å². The molecule has 0 fully saturated rings. The Kier molecular flexibility index (Phi) is 5.54. The summed E-state index contributed by atoms with van der Waals surface area (Å²) in [5, 5.41) is 8.94. The van der Waals surface area contributed by atoms with E-state index < -0.39 is 6.23 Å². The number of hydrogen-bond donors (Lipinski definition) is 1. The van der Waals surface area contributed by atoms with E-state index in [0.717, 1.165) is 12.1 Å². The topological polar surface area (TPSA) is 49.7 Å². The van der Waals surface area contributed by atoms with Crippen molar-refractivity contribution >= 4 is 11.5 Å². The summed E-state index contributed by atoms with van der Waals surface area (Å²) in [4.78, 5) is 14.9. The zero-order valence-electron chi connectivity index (χ0n) is 8.00. The summed E-state index contributed by atoms with van der Waals surface area (Å²) < 4.78 is 0. The van der Waals surface area contributed by atoms with Crippen LogP contribution in [0.3, 0.4) is 0 Å². The van der Waals surface area contributed by atoms with Crippen molar-refractivity contribution in [1.29, 1.82) is 0 Å². The van der Waals surface area contributed by atoms with Crippen LogP contribution >= 0.6 is 0 Å². The van der Waals surface area contributed by atoms with Crippen LogP contribution in [-0.4, -0.2) is 22.8 Å². The number of aliphatic hydroxyl groups excluding tert-OH is 1. The van der Waals surface area contributed by atoms with Gasteiger partial charge < -0.3 is 5.11 Å². The lowest BCUT2D eigenvalue weighted by molar-refractivity contribution is -0.117. The Morgan fingerprint density at radius 1 is 1.42 bits per heavy atom. The molecule has 1 atom stereocenters. The highest BCUT2D eigenvalue weighted by molar-refractivity contribution is 6.01. The first-order valence-electron chi connectivity index (χ1n) is 4.35. The van der Waals surface area contributed by atoms with Crippen LogP contribution in [-0.2, 0) is 4.79 Å². The molecule has 1 N–H and O–H groups in total. The zero-order chi connectivity index (χ0) is 9.56. The SMILES string of the molecule is CCC(=O)CC(CC)=NC(C)O. The number of nitrogens with zero attached hydrogens (tertiary/aromatic N) is 1. The number of Topliss-reactive ketones (excluding diaryl/α,β-unsaturated/α-hetero) is 1. The largest absolute Gasteiger partial charge is 0.372 e. The van der Waals surface area contributed by atoms with Gasteiger partial charge in [0.2, 0.25) is 0 Å². The van der Waals surface area contributed by atoms with Gasteiger partial charge in [-0.05, 0) is 13.3 Å². The normalized spacial score (nSPS) is 14.5. The molecule has 70 valence electrons. The van der Waals surface area contributed by atoms with E-state index in [1.54, 1.807) is 6.92 Å². The first kappa shape index (κ1) is 11.3. The maximum absolute atomic E-state index is 11.0. The molecule has 0 aromatic heterocycles. The second-order valence-electron chi connectivity index (χ2n) is 2.75. The van der Waals surface area contributed by atoms with Crippen molar-refractivity contribution in [3.63, 3.8) is 0 Å². The van der Waals surface area contributed by atoms with Gasteiger partial charge in [0.1, 0.15) is 12.0 Å². The van der Waals surface area contributed by atoms with Gasteiger partial charge in [-0.25, -0.2) is 0 Å². The molecule has 0 spiro atoms. The predicted molar refractivity (Wildman–Crippen MR) is 49.3 cm³/mol. The molecule has 0 aliphatic heterocycles. The van der Waals surface area contributed by atoms with E-state index in [1.165, 1.54) is 0 Å². The van der Waals surface area contributed by atoms with Gasteiger partial charge >= 0.3 is 0 Å². The number of carbonyl (C=O) groups is 1. The maximum Gasteiger partial charge on any atom is 0.142 e. The summed E-state index contributed by atoms with van der Waals surface area (Å²) in [6.45, 7) is 5.36. The molecule has 0 radical (unpaired) electrons. The van der Waals surface area contributed by atoms with Crippen LogP contribution in [0.2, 0.25) is 0 Å². The Morgan fingerprint density at radius 3 is 2.33 bits per heavy atom. The number of ketones is 1. The Morgan fingerprint density at radius 2 is 2.00 bits per heavy atom.